The fourth-order valence-electron chi connectivity index (χ4n) is 1.43. The lowest BCUT2D eigenvalue weighted by atomic mass is 10.3. The van der Waals surface area contributed by atoms with Crippen molar-refractivity contribution in [3.8, 4) is 0 Å². The van der Waals surface area contributed by atoms with E-state index < -0.39 is 5.97 Å². The van der Waals surface area contributed by atoms with Crippen molar-refractivity contribution in [1.82, 2.24) is 5.32 Å². The van der Waals surface area contributed by atoms with Gasteiger partial charge >= 0.3 is 5.97 Å². The highest BCUT2D eigenvalue weighted by Gasteiger charge is 2.08. The Morgan fingerprint density at radius 2 is 2.20 bits per heavy atom. The van der Waals surface area contributed by atoms with Crippen molar-refractivity contribution in [2.45, 2.75) is 6.54 Å². The Morgan fingerprint density at radius 1 is 1.40 bits per heavy atom. The Labute approximate surface area is 131 Å². The summed E-state index contributed by atoms with van der Waals surface area (Å²) < 4.78 is 0.917. The Balaban J connectivity index is 1.91. The second kappa shape index (κ2) is 6.83. The number of carbonyl (C=O) groups is 2. The predicted molar refractivity (Wildman–Crippen MR) is 84.2 cm³/mol. The van der Waals surface area contributed by atoms with Crippen molar-refractivity contribution in [1.29, 1.82) is 0 Å². The van der Waals surface area contributed by atoms with Crippen molar-refractivity contribution in [3.05, 3.63) is 48.8 Å². The third kappa shape index (κ3) is 4.29. The topological polar surface area (TPSA) is 66.4 Å². The molecule has 0 atom stereocenters. The van der Waals surface area contributed by atoms with E-state index in [4.69, 9.17) is 5.11 Å². The fourth-order valence-corrected chi connectivity index (χ4v) is 3.42. The van der Waals surface area contributed by atoms with Crippen LogP contribution < -0.4 is 5.32 Å². The van der Waals surface area contributed by atoms with Crippen LogP contribution in [0.2, 0.25) is 0 Å². The molecule has 0 spiro atoms. The van der Waals surface area contributed by atoms with Gasteiger partial charge in [-0.1, -0.05) is 0 Å². The Bertz CT molecular complexity index is 660. The fraction of sp³-hybridized carbons (Fsp3) is 0.0769. The van der Waals surface area contributed by atoms with E-state index in [9.17, 15) is 9.59 Å². The van der Waals surface area contributed by atoms with E-state index in [-0.39, 0.29) is 5.91 Å². The molecule has 2 aromatic rings. The van der Waals surface area contributed by atoms with Crippen molar-refractivity contribution in [2.24, 2.45) is 0 Å². The lowest BCUT2D eigenvalue weighted by molar-refractivity contribution is -0.131. The maximum absolute atomic E-state index is 11.8. The van der Waals surface area contributed by atoms with Gasteiger partial charge in [0.15, 0.2) is 0 Å². The van der Waals surface area contributed by atoms with E-state index in [1.165, 1.54) is 28.7 Å². The van der Waals surface area contributed by atoms with Crippen LogP contribution >= 0.6 is 38.6 Å². The second-order valence-electron chi connectivity index (χ2n) is 3.80. The van der Waals surface area contributed by atoms with Crippen LogP contribution in [0.3, 0.4) is 0 Å². The molecule has 2 heterocycles. The molecule has 20 heavy (non-hydrogen) atoms. The summed E-state index contributed by atoms with van der Waals surface area (Å²) in [6, 6.07) is 5.47. The summed E-state index contributed by atoms with van der Waals surface area (Å²) in [5.41, 5.74) is 0.629. The average molecular weight is 372 g/mol. The summed E-state index contributed by atoms with van der Waals surface area (Å²) in [4.78, 5) is 24.1. The molecule has 0 bridgehead atoms. The molecule has 0 aliphatic rings. The first-order valence-corrected chi connectivity index (χ1v) is 8.05. The molecule has 0 saturated heterocycles. The summed E-state index contributed by atoms with van der Waals surface area (Å²) in [6.07, 6.45) is 2.63. The first kappa shape index (κ1) is 15.0. The minimum atomic E-state index is -0.976. The third-order valence-electron chi connectivity index (χ3n) is 2.33. The van der Waals surface area contributed by atoms with Gasteiger partial charge < -0.3 is 10.4 Å². The zero-order valence-electron chi connectivity index (χ0n) is 10.1. The van der Waals surface area contributed by atoms with Gasteiger partial charge in [0.2, 0.25) is 0 Å². The molecular formula is C13H10BrNO3S2. The SMILES string of the molecule is O=C(O)/C=C/c1ccc(CNC(=O)c2csc(Br)c2)s1. The smallest absolute Gasteiger partial charge is 0.328 e. The molecular weight excluding hydrogens is 362 g/mol. The van der Waals surface area contributed by atoms with Gasteiger partial charge in [-0.15, -0.1) is 22.7 Å². The molecule has 0 aromatic carbocycles. The van der Waals surface area contributed by atoms with Gasteiger partial charge in [0.1, 0.15) is 0 Å². The minimum Gasteiger partial charge on any atom is -0.478 e. The standard InChI is InChI=1S/C13H10BrNO3S2/c14-11-5-8(7-19-11)13(18)15-6-10-2-1-9(20-10)3-4-12(16)17/h1-5,7H,6H2,(H,15,18)(H,16,17)/b4-3+. The molecule has 7 heteroatoms. The molecule has 104 valence electrons. The van der Waals surface area contributed by atoms with E-state index >= 15 is 0 Å². The van der Waals surface area contributed by atoms with E-state index in [1.54, 1.807) is 11.4 Å². The van der Waals surface area contributed by atoms with E-state index in [2.05, 4.69) is 21.2 Å². The molecule has 0 fully saturated rings. The monoisotopic (exact) mass is 371 g/mol. The van der Waals surface area contributed by atoms with Crippen LogP contribution in [-0.2, 0) is 11.3 Å². The van der Waals surface area contributed by atoms with Gasteiger partial charge in [0.25, 0.3) is 5.91 Å². The number of rotatable bonds is 5. The normalized spacial score (nSPS) is 10.8. The Kier molecular flexibility index (Phi) is 5.11. The number of nitrogens with one attached hydrogen (secondary N) is 1. The van der Waals surface area contributed by atoms with Crippen molar-refractivity contribution < 1.29 is 14.7 Å². The molecule has 0 unspecified atom stereocenters. The van der Waals surface area contributed by atoms with Gasteiger partial charge in [-0.05, 0) is 40.2 Å². The van der Waals surface area contributed by atoms with Crippen molar-refractivity contribution in [3.63, 3.8) is 0 Å². The second-order valence-corrected chi connectivity index (χ2v) is 7.29. The lowest BCUT2D eigenvalue weighted by Crippen LogP contribution is -2.21. The van der Waals surface area contributed by atoms with Crippen molar-refractivity contribution >= 4 is 56.6 Å². The average Bonchev–Trinajstić information content (AvgIpc) is 3.02. The van der Waals surface area contributed by atoms with Gasteiger partial charge in [0, 0.05) is 21.2 Å². The maximum Gasteiger partial charge on any atom is 0.328 e. The molecule has 0 aliphatic carbocycles. The quantitative estimate of drug-likeness (QED) is 0.789. The number of carboxylic acids is 1. The molecule has 0 saturated carbocycles. The van der Waals surface area contributed by atoms with E-state index in [0.29, 0.717) is 12.1 Å². The Morgan fingerprint density at radius 3 is 2.85 bits per heavy atom. The number of aliphatic carboxylic acids is 1. The predicted octanol–water partition coefficient (Wildman–Crippen LogP) is 3.60. The van der Waals surface area contributed by atoms with Gasteiger partial charge in [-0.25, -0.2) is 4.79 Å². The van der Waals surface area contributed by atoms with Gasteiger partial charge in [0.05, 0.1) is 15.9 Å². The highest BCUT2D eigenvalue weighted by molar-refractivity contribution is 9.11. The third-order valence-corrected chi connectivity index (χ3v) is 4.88. The van der Waals surface area contributed by atoms with Crippen molar-refractivity contribution in [2.75, 3.05) is 0 Å². The molecule has 0 radical (unpaired) electrons. The van der Waals surface area contributed by atoms with Crippen LogP contribution in [0.15, 0.2) is 33.4 Å². The van der Waals surface area contributed by atoms with Crippen LogP contribution in [0.5, 0.6) is 0 Å². The van der Waals surface area contributed by atoms with Crippen LogP contribution in [0, 0.1) is 0 Å². The summed E-state index contributed by atoms with van der Waals surface area (Å²) >= 11 is 6.22. The van der Waals surface area contributed by atoms with Crippen LogP contribution in [-0.4, -0.2) is 17.0 Å². The molecule has 2 N–H and O–H groups in total. The largest absolute Gasteiger partial charge is 0.478 e. The minimum absolute atomic E-state index is 0.122. The number of carbonyl (C=O) groups excluding carboxylic acids is 1. The van der Waals surface area contributed by atoms with Crippen LogP contribution in [0.1, 0.15) is 20.1 Å². The molecule has 2 rings (SSSR count). The molecule has 2 aromatic heterocycles. The first-order valence-electron chi connectivity index (χ1n) is 5.56. The number of halogens is 1. The van der Waals surface area contributed by atoms with Gasteiger partial charge in [-0.3, -0.25) is 4.79 Å². The number of thiophene rings is 2. The molecule has 0 aliphatic heterocycles. The van der Waals surface area contributed by atoms with Gasteiger partial charge in [-0.2, -0.15) is 0 Å². The number of hydrogen-bond donors (Lipinski definition) is 2. The Hall–Kier alpha value is -1.44. The summed E-state index contributed by atoms with van der Waals surface area (Å²) in [7, 11) is 0. The van der Waals surface area contributed by atoms with Crippen LogP contribution in [0.25, 0.3) is 6.08 Å². The van der Waals surface area contributed by atoms with E-state index in [0.717, 1.165) is 19.6 Å². The summed E-state index contributed by atoms with van der Waals surface area (Å²) in [5.74, 6) is -1.10. The first-order chi connectivity index (χ1) is 9.54. The number of amides is 1. The molecule has 1 amide bonds. The zero-order valence-corrected chi connectivity index (χ0v) is 13.3. The zero-order chi connectivity index (χ0) is 14.5. The maximum atomic E-state index is 11.8. The van der Waals surface area contributed by atoms with Crippen LogP contribution in [0.4, 0.5) is 0 Å². The molecule has 4 nitrogen and oxygen atoms in total. The van der Waals surface area contributed by atoms with E-state index in [1.807, 2.05) is 12.1 Å². The highest BCUT2D eigenvalue weighted by Crippen LogP contribution is 2.21. The lowest BCUT2D eigenvalue weighted by Gasteiger charge is -2.00. The number of carboxylic acid groups (broad SMARTS) is 1. The summed E-state index contributed by atoms with van der Waals surface area (Å²) in [5, 5.41) is 13.2. The number of hydrogen-bond acceptors (Lipinski definition) is 4. The highest BCUT2D eigenvalue weighted by atomic mass is 79.9. The summed E-state index contributed by atoms with van der Waals surface area (Å²) in [6.45, 7) is 0.428.